The molecule has 2 aromatic carbocycles. The van der Waals surface area contributed by atoms with E-state index in [0.29, 0.717) is 17.9 Å². The fourth-order valence-corrected chi connectivity index (χ4v) is 3.61. The smallest absolute Gasteiger partial charge is 0.254 e. The minimum absolute atomic E-state index is 0.0309. The number of tetrazole rings is 1. The minimum Gasteiger partial charge on any atom is -0.332 e. The lowest BCUT2D eigenvalue weighted by Crippen LogP contribution is -2.38. The van der Waals surface area contributed by atoms with Gasteiger partial charge in [0.2, 0.25) is 0 Å². The Hall–Kier alpha value is -3.09. The molecular formula is C20H20FN5O. The fourth-order valence-electron chi connectivity index (χ4n) is 3.61. The maximum Gasteiger partial charge on any atom is 0.254 e. The average molecular weight is 365 g/mol. The SMILES string of the molecule is Cc1nnnn1-c1cccc(C(=O)N2CCCC[C@H]2c2ccc(F)cc2)c1. The van der Waals surface area contributed by atoms with Crippen LogP contribution in [0.3, 0.4) is 0 Å². The van der Waals surface area contributed by atoms with Crippen LogP contribution in [0.2, 0.25) is 0 Å². The van der Waals surface area contributed by atoms with Gasteiger partial charge >= 0.3 is 0 Å². The van der Waals surface area contributed by atoms with Crippen molar-refractivity contribution < 1.29 is 9.18 Å². The first-order chi connectivity index (χ1) is 13.1. The number of hydrogen-bond acceptors (Lipinski definition) is 4. The molecule has 7 heteroatoms. The summed E-state index contributed by atoms with van der Waals surface area (Å²) in [5.41, 5.74) is 2.31. The first-order valence-electron chi connectivity index (χ1n) is 9.05. The molecule has 1 aromatic heterocycles. The summed E-state index contributed by atoms with van der Waals surface area (Å²) < 4.78 is 14.9. The number of likely N-dealkylation sites (tertiary alicyclic amines) is 1. The third-order valence-corrected chi connectivity index (χ3v) is 4.98. The Kier molecular flexibility index (Phi) is 4.66. The van der Waals surface area contributed by atoms with Crippen LogP contribution in [-0.4, -0.2) is 37.6 Å². The highest BCUT2D eigenvalue weighted by Gasteiger charge is 2.29. The molecule has 6 nitrogen and oxygen atoms in total. The maximum absolute atomic E-state index is 13.3. The lowest BCUT2D eigenvalue weighted by molar-refractivity contribution is 0.0611. The largest absolute Gasteiger partial charge is 0.332 e. The van der Waals surface area contributed by atoms with Crippen molar-refractivity contribution in [2.75, 3.05) is 6.54 Å². The Morgan fingerprint density at radius 3 is 2.70 bits per heavy atom. The molecule has 27 heavy (non-hydrogen) atoms. The molecule has 0 unspecified atom stereocenters. The van der Waals surface area contributed by atoms with Gasteiger partial charge in [-0.2, -0.15) is 4.68 Å². The fraction of sp³-hybridized carbons (Fsp3) is 0.300. The molecule has 1 aliphatic heterocycles. The number of carbonyl (C=O) groups excluding carboxylic acids is 1. The molecule has 1 fully saturated rings. The molecular weight excluding hydrogens is 345 g/mol. The lowest BCUT2D eigenvalue weighted by Gasteiger charge is -2.36. The highest BCUT2D eigenvalue weighted by molar-refractivity contribution is 5.95. The van der Waals surface area contributed by atoms with E-state index in [1.807, 2.05) is 36.1 Å². The molecule has 3 aromatic rings. The zero-order valence-corrected chi connectivity index (χ0v) is 15.0. The summed E-state index contributed by atoms with van der Waals surface area (Å²) in [5.74, 6) is 0.357. The number of amides is 1. The maximum atomic E-state index is 13.3. The predicted octanol–water partition coefficient (Wildman–Crippen LogP) is 3.48. The van der Waals surface area contributed by atoms with Gasteiger partial charge in [-0.3, -0.25) is 4.79 Å². The number of benzene rings is 2. The van der Waals surface area contributed by atoms with E-state index >= 15 is 0 Å². The van der Waals surface area contributed by atoms with Gasteiger partial charge in [-0.1, -0.05) is 18.2 Å². The van der Waals surface area contributed by atoms with E-state index in [9.17, 15) is 9.18 Å². The van der Waals surface area contributed by atoms with Crippen molar-refractivity contribution in [1.82, 2.24) is 25.1 Å². The van der Waals surface area contributed by atoms with Gasteiger partial charge in [0, 0.05) is 12.1 Å². The molecule has 1 aliphatic rings. The van der Waals surface area contributed by atoms with Crippen LogP contribution in [0.15, 0.2) is 48.5 Å². The molecule has 4 rings (SSSR count). The van der Waals surface area contributed by atoms with E-state index in [4.69, 9.17) is 0 Å². The molecule has 0 N–H and O–H groups in total. The van der Waals surface area contributed by atoms with E-state index in [0.717, 1.165) is 30.5 Å². The summed E-state index contributed by atoms with van der Waals surface area (Å²) in [6.45, 7) is 2.50. The number of aryl methyl sites for hydroxylation is 1. The van der Waals surface area contributed by atoms with Crippen molar-refractivity contribution in [3.05, 3.63) is 71.3 Å². The number of hydrogen-bond donors (Lipinski definition) is 0. The number of rotatable bonds is 3. The Morgan fingerprint density at radius 1 is 1.15 bits per heavy atom. The Bertz CT molecular complexity index is 953. The molecule has 1 atom stereocenters. The number of aromatic nitrogens is 4. The van der Waals surface area contributed by atoms with Crippen LogP contribution in [0.4, 0.5) is 4.39 Å². The Morgan fingerprint density at radius 2 is 1.96 bits per heavy atom. The minimum atomic E-state index is -0.267. The second-order valence-corrected chi connectivity index (χ2v) is 6.75. The summed E-state index contributed by atoms with van der Waals surface area (Å²) in [6.07, 6.45) is 2.90. The summed E-state index contributed by atoms with van der Waals surface area (Å²) in [5, 5.41) is 11.5. The topological polar surface area (TPSA) is 63.9 Å². The number of halogens is 1. The van der Waals surface area contributed by atoms with Gasteiger partial charge in [0.15, 0.2) is 5.82 Å². The van der Waals surface area contributed by atoms with Crippen molar-refractivity contribution in [2.45, 2.75) is 32.2 Å². The third-order valence-electron chi connectivity index (χ3n) is 4.98. The van der Waals surface area contributed by atoms with Crippen LogP contribution in [0.1, 0.15) is 47.1 Å². The molecule has 0 aliphatic carbocycles. The van der Waals surface area contributed by atoms with Gasteiger partial charge in [-0.25, -0.2) is 4.39 Å². The van der Waals surface area contributed by atoms with Crippen LogP contribution >= 0.6 is 0 Å². The predicted molar refractivity (Wildman–Crippen MR) is 97.9 cm³/mol. The molecule has 0 saturated carbocycles. The highest BCUT2D eigenvalue weighted by atomic mass is 19.1. The van der Waals surface area contributed by atoms with Crippen LogP contribution in [0.5, 0.6) is 0 Å². The molecule has 2 heterocycles. The number of piperidine rings is 1. The van der Waals surface area contributed by atoms with Crippen molar-refractivity contribution in [3.63, 3.8) is 0 Å². The molecule has 1 saturated heterocycles. The zero-order chi connectivity index (χ0) is 18.8. The first kappa shape index (κ1) is 17.3. The molecule has 0 radical (unpaired) electrons. The summed E-state index contributed by atoms with van der Waals surface area (Å²) in [4.78, 5) is 15.1. The Labute approximate surface area is 156 Å². The average Bonchev–Trinajstić information content (AvgIpc) is 3.14. The normalized spacial score (nSPS) is 17.1. The van der Waals surface area contributed by atoms with Crippen molar-refractivity contribution >= 4 is 5.91 Å². The standard InChI is InChI=1S/C20H20FN5O/c1-14-22-23-24-26(14)18-6-4-5-16(13-18)20(27)25-12-3-2-7-19(25)15-8-10-17(21)11-9-15/h4-6,8-11,13,19H,2-3,7,12H2,1H3/t19-/m0/s1. The second-order valence-electron chi connectivity index (χ2n) is 6.75. The van der Waals surface area contributed by atoms with E-state index in [1.165, 1.54) is 12.1 Å². The monoisotopic (exact) mass is 365 g/mol. The van der Waals surface area contributed by atoms with Crippen LogP contribution in [-0.2, 0) is 0 Å². The summed E-state index contributed by atoms with van der Waals surface area (Å²) >= 11 is 0. The lowest BCUT2D eigenvalue weighted by atomic mass is 9.94. The quantitative estimate of drug-likeness (QED) is 0.713. The van der Waals surface area contributed by atoms with Gasteiger partial charge in [0.25, 0.3) is 5.91 Å². The summed E-state index contributed by atoms with van der Waals surface area (Å²) in [7, 11) is 0. The van der Waals surface area contributed by atoms with Crippen molar-refractivity contribution in [3.8, 4) is 5.69 Å². The van der Waals surface area contributed by atoms with Crippen LogP contribution in [0.25, 0.3) is 5.69 Å². The number of carbonyl (C=O) groups is 1. The highest BCUT2D eigenvalue weighted by Crippen LogP contribution is 2.32. The van der Waals surface area contributed by atoms with Crippen LogP contribution in [0, 0.1) is 12.7 Å². The van der Waals surface area contributed by atoms with Crippen LogP contribution < -0.4 is 0 Å². The van der Waals surface area contributed by atoms with Gasteiger partial charge in [0.05, 0.1) is 11.7 Å². The van der Waals surface area contributed by atoms with Gasteiger partial charge < -0.3 is 4.90 Å². The zero-order valence-electron chi connectivity index (χ0n) is 15.0. The first-order valence-corrected chi connectivity index (χ1v) is 9.05. The van der Waals surface area contributed by atoms with E-state index in [2.05, 4.69) is 15.5 Å². The second kappa shape index (κ2) is 7.26. The molecule has 138 valence electrons. The Balaban J connectivity index is 1.64. The van der Waals surface area contributed by atoms with Crippen molar-refractivity contribution in [1.29, 1.82) is 0 Å². The van der Waals surface area contributed by atoms with Gasteiger partial charge in [-0.05, 0) is 72.5 Å². The third kappa shape index (κ3) is 3.45. The van der Waals surface area contributed by atoms with E-state index in [1.54, 1.807) is 16.8 Å². The van der Waals surface area contributed by atoms with Gasteiger partial charge in [0.1, 0.15) is 5.82 Å². The van der Waals surface area contributed by atoms with Gasteiger partial charge in [-0.15, -0.1) is 5.10 Å². The molecule has 1 amide bonds. The molecule has 0 bridgehead atoms. The van der Waals surface area contributed by atoms with E-state index < -0.39 is 0 Å². The summed E-state index contributed by atoms with van der Waals surface area (Å²) in [6, 6.07) is 13.7. The number of nitrogens with zero attached hydrogens (tertiary/aromatic N) is 5. The molecule has 0 spiro atoms. The van der Waals surface area contributed by atoms with Crippen molar-refractivity contribution in [2.24, 2.45) is 0 Å². The van der Waals surface area contributed by atoms with E-state index in [-0.39, 0.29) is 17.8 Å².